The minimum Gasteiger partial charge on any atom is -0.478 e. The van der Waals surface area contributed by atoms with E-state index >= 15 is 0 Å². The highest BCUT2D eigenvalue weighted by Crippen LogP contribution is 2.25. The number of nitrogens with one attached hydrogen (secondary N) is 2. The Hall–Kier alpha value is -2.61. The first-order valence-electron chi connectivity index (χ1n) is 10.1. The minimum atomic E-state index is -1.07. The summed E-state index contributed by atoms with van der Waals surface area (Å²) in [5.41, 5.74) is 1.20. The summed E-state index contributed by atoms with van der Waals surface area (Å²) in [6.07, 6.45) is 0.340. The van der Waals surface area contributed by atoms with Crippen LogP contribution in [0.3, 0.4) is 0 Å². The summed E-state index contributed by atoms with van der Waals surface area (Å²) in [6.45, 7) is 11.0. The quantitative estimate of drug-likeness (QED) is 0.613. The third-order valence-corrected chi connectivity index (χ3v) is 4.66. The molecule has 29 heavy (non-hydrogen) atoms. The molecule has 1 aromatic carbocycles. The van der Waals surface area contributed by atoms with Gasteiger partial charge in [0.1, 0.15) is 0 Å². The minimum absolute atomic E-state index is 0.0168. The molecule has 0 spiro atoms. The molecule has 8 heteroatoms. The van der Waals surface area contributed by atoms with E-state index in [1.165, 1.54) is 0 Å². The second kappa shape index (κ2) is 10.2. The number of hydrogen-bond donors (Lipinski definition) is 3. The van der Waals surface area contributed by atoms with Crippen LogP contribution in [0.1, 0.15) is 44.5 Å². The average molecular weight is 405 g/mol. The number of aromatic carboxylic acids is 1. The molecule has 2 rings (SSSR count). The van der Waals surface area contributed by atoms with E-state index in [9.17, 15) is 19.5 Å². The van der Waals surface area contributed by atoms with Gasteiger partial charge in [0.2, 0.25) is 11.8 Å². The molecule has 0 radical (unpaired) electrons. The van der Waals surface area contributed by atoms with Gasteiger partial charge in [0, 0.05) is 44.3 Å². The molecule has 8 nitrogen and oxygen atoms in total. The van der Waals surface area contributed by atoms with Crippen LogP contribution in [0.4, 0.5) is 11.4 Å². The van der Waals surface area contributed by atoms with Crippen LogP contribution < -0.4 is 15.5 Å². The van der Waals surface area contributed by atoms with Crippen LogP contribution in [0.25, 0.3) is 0 Å². The normalized spacial score (nSPS) is 14.9. The van der Waals surface area contributed by atoms with Crippen LogP contribution in [0, 0.1) is 5.92 Å². The maximum absolute atomic E-state index is 12.0. The van der Waals surface area contributed by atoms with E-state index in [2.05, 4.69) is 20.4 Å². The van der Waals surface area contributed by atoms with Crippen LogP contribution in [-0.4, -0.2) is 66.6 Å². The van der Waals surface area contributed by atoms with Gasteiger partial charge in [-0.2, -0.15) is 0 Å². The smallest absolute Gasteiger partial charge is 0.337 e. The van der Waals surface area contributed by atoms with Gasteiger partial charge in [-0.1, -0.05) is 13.8 Å². The van der Waals surface area contributed by atoms with Crippen LogP contribution in [0.2, 0.25) is 0 Å². The molecule has 0 saturated carbocycles. The molecule has 0 unspecified atom stereocenters. The van der Waals surface area contributed by atoms with Crippen molar-refractivity contribution >= 4 is 29.2 Å². The zero-order valence-corrected chi connectivity index (χ0v) is 17.7. The molecule has 0 aromatic heterocycles. The number of amides is 2. The standard InChI is InChI=1S/C21H32N4O4/c1-14(2)11-19(26)23-18-6-5-16(12-17(18)21(28)29)25-9-7-24(8-10-25)13-20(27)22-15(3)4/h5-6,12,14-15H,7-11,13H2,1-4H3,(H,22,27)(H,23,26)(H,28,29). The summed E-state index contributed by atoms with van der Waals surface area (Å²) >= 11 is 0. The summed E-state index contributed by atoms with van der Waals surface area (Å²) in [4.78, 5) is 39.8. The fourth-order valence-electron chi connectivity index (χ4n) is 3.32. The number of nitrogens with zero attached hydrogens (tertiary/aromatic N) is 2. The van der Waals surface area contributed by atoms with Crippen molar-refractivity contribution in [2.75, 3.05) is 42.9 Å². The van der Waals surface area contributed by atoms with E-state index in [1.54, 1.807) is 12.1 Å². The molecule has 1 aromatic rings. The molecular weight excluding hydrogens is 372 g/mol. The summed E-state index contributed by atoms with van der Waals surface area (Å²) in [6, 6.07) is 5.21. The van der Waals surface area contributed by atoms with Crippen molar-refractivity contribution < 1.29 is 19.5 Å². The molecule has 0 aliphatic carbocycles. The Morgan fingerprint density at radius 3 is 2.24 bits per heavy atom. The average Bonchev–Trinajstić information content (AvgIpc) is 2.61. The van der Waals surface area contributed by atoms with Crippen LogP contribution in [0.15, 0.2) is 18.2 Å². The molecule has 1 aliphatic rings. The lowest BCUT2D eigenvalue weighted by molar-refractivity contribution is -0.122. The molecule has 1 fully saturated rings. The first-order valence-corrected chi connectivity index (χ1v) is 10.1. The number of carboxylic acids is 1. The number of anilines is 2. The van der Waals surface area contributed by atoms with Gasteiger partial charge in [-0.25, -0.2) is 4.79 Å². The lowest BCUT2D eigenvalue weighted by Gasteiger charge is -2.36. The predicted octanol–water partition coefficient (Wildman–Crippen LogP) is 2.02. The van der Waals surface area contributed by atoms with Crippen molar-refractivity contribution in [2.45, 2.75) is 40.2 Å². The van der Waals surface area contributed by atoms with Gasteiger partial charge in [0.15, 0.2) is 0 Å². The molecule has 0 bridgehead atoms. The first-order chi connectivity index (χ1) is 13.7. The molecule has 0 atom stereocenters. The van der Waals surface area contributed by atoms with E-state index in [0.29, 0.717) is 31.7 Å². The molecule has 1 saturated heterocycles. The zero-order valence-electron chi connectivity index (χ0n) is 17.7. The molecule has 1 aliphatic heterocycles. The number of carboxylic acid groups (broad SMARTS) is 1. The third kappa shape index (κ3) is 7.05. The molecule has 3 N–H and O–H groups in total. The second-order valence-corrected chi connectivity index (χ2v) is 8.17. The second-order valence-electron chi connectivity index (χ2n) is 8.17. The van der Waals surface area contributed by atoms with Gasteiger partial charge in [-0.15, -0.1) is 0 Å². The number of hydrogen-bond acceptors (Lipinski definition) is 5. The fraction of sp³-hybridized carbons (Fsp3) is 0.571. The van der Waals surface area contributed by atoms with E-state index < -0.39 is 5.97 Å². The van der Waals surface area contributed by atoms with E-state index in [1.807, 2.05) is 33.8 Å². The molecular formula is C21H32N4O4. The summed E-state index contributed by atoms with van der Waals surface area (Å²) < 4.78 is 0. The van der Waals surface area contributed by atoms with E-state index in [4.69, 9.17) is 0 Å². The summed E-state index contributed by atoms with van der Waals surface area (Å²) in [5, 5.41) is 15.2. The Morgan fingerprint density at radius 2 is 1.69 bits per heavy atom. The van der Waals surface area contributed by atoms with Crippen molar-refractivity contribution in [1.29, 1.82) is 0 Å². The van der Waals surface area contributed by atoms with Crippen molar-refractivity contribution in [3.05, 3.63) is 23.8 Å². The molecule has 2 amide bonds. The highest BCUT2D eigenvalue weighted by Gasteiger charge is 2.21. The highest BCUT2D eigenvalue weighted by atomic mass is 16.4. The van der Waals surface area contributed by atoms with Crippen molar-refractivity contribution in [3.8, 4) is 0 Å². The van der Waals surface area contributed by atoms with E-state index in [-0.39, 0.29) is 29.3 Å². The summed E-state index contributed by atoms with van der Waals surface area (Å²) in [7, 11) is 0. The van der Waals surface area contributed by atoms with Gasteiger partial charge in [0.25, 0.3) is 0 Å². The summed E-state index contributed by atoms with van der Waals surface area (Å²) in [5.74, 6) is -1.05. The SMILES string of the molecule is CC(C)CC(=O)Nc1ccc(N2CCN(CC(=O)NC(C)C)CC2)cc1C(=O)O. The van der Waals surface area contributed by atoms with Crippen LogP contribution >= 0.6 is 0 Å². The zero-order chi connectivity index (χ0) is 21.6. The third-order valence-electron chi connectivity index (χ3n) is 4.66. The predicted molar refractivity (Wildman–Crippen MR) is 113 cm³/mol. The van der Waals surface area contributed by atoms with Crippen molar-refractivity contribution in [2.24, 2.45) is 5.92 Å². The monoisotopic (exact) mass is 404 g/mol. The lowest BCUT2D eigenvalue weighted by atomic mass is 10.1. The van der Waals surface area contributed by atoms with Gasteiger partial charge in [0.05, 0.1) is 17.8 Å². The Balaban J connectivity index is 2.01. The molecule has 160 valence electrons. The number of rotatable bonds is 8. The molecule has 1 heterocycles. The maximum atomic E-state index is 12.0. The highest BCUT2D eigenvalue weighted by molar-refractivity contribution is 6.01. The Bertz CT molecular complexity index is 740. The number of carbonyl (C=O) groups is 3. The van der Waals surface area contributed by atoms with Crippen molar-refractivity contribution in [3.63, 3.8) is 0 Å². The van der Waals surface area contributed by atoms with Gasteiger partial charge < -0.3 is 20.6 Å². The first kappa shape index (κ1) is 22.7. The van der Waals surface area contributed by atoms with Gasteiger partial charge in [-0.05, 0) is 38.0 Å². The maximum Gasteiger partial charge on any atom is 0.337 e. The fourth-order valence-corrected chi connectivity index (χ4v) is 3.32. The topological polar surface area (TPSA) is 102 Å². The van der Waals surface area contributed by atoms with Gasteiger partial charge in [-0.3, -0.25) is 14.5 Å². The van der Waals surface area contributed by atoms with Gasteiger partial charge >= 0.3 is 5.97 Å². The number of carbonyl (C=O) groups excluding carboxylic acids is 2. The largest absolute Gasteiger partial charge is 0.478 e. The Labute approximate surface area is 172 Å². The van der Waals surface area contributed by atoms with Crippen molar-refractivity contribution in [1.82, 2.24) is 10.2 Å². The number of benzene rings is 1. The van der Waals surface area contributed by atoms with Crippen LogP contribution in [0.5, 0.6) is 0 Å². The Morgan fingerprint density at radius 1 is 1.03 bits per heavy atom. The van der Waals surface area contributed by atoms with E-state index in [0.717, 1.165) is 18.8 Å². The Kier molecular flexibility index (Phi) is 8.01. The van der Waals surface area contributed by atoms with Crippen LogP contribution in [-0.2, 0) is 9.59 Å². The number of piperazine rings is 1. The lowest BCUT2D eigenvalue weighted by Crippen LogP contribution is -2.50.